The maximum absolute atomic E-state index is 12.9. The minimum atomic E-state index is -1.11. The lowest BCUT2D eigenvalue weighted by Gasteiger charge is -2.28. The first-order chi connectivity index (χ1) is 9.74. The smallest absolute Gasteiger partial charge is 0.263 e. The molecule has 21 heavy (non-hydrogen) atoms. The van der Waals surface area contributed by atoms with Gasteiger partial charge in [-0.25, -0.2) is 4.39 Å². The third-order valence-electron chi connectivity index (χ3n) is 3.04. The second-order valence-corrected chi connectivity index (χ2v) is 6.05. The number of aliphatic hydroxyl groups excluding tert-OH is 1. The van der Waals surface area contributed by atoms with E-state index in [1.54, 1.807) is 13.8 Å². The fourth-order valence-electron chi connectivity index (χ4n) is 1.95. The van der Waals surface area contributed by atoms with E-state index >= 15 is 0 Å². The molecule has 1 rings (SSSR count). The maximum atomic E-state index is 12.9. The van der Waals surface area contributed by atoms with Crippen LogP contribution in [0.3, 0.4) is 0 Å². The van der Waals surface area contributed by atoms with Gasteiger partial charge in [0.2, 0.25) is 0 Å². The van der Waals surface area contributed by atoms with Crippen molar-refractivity contribution in [2.45, 2.75) is 45.8 Å². The van der Waals surface area contributed by atoms with E-state index in [4.69, 9.17) is 4.74 Å². The first-order valence-corrected chi connectivity index (χ1v) is 7.11. The number of hydrogen-bond donors (Lipinski definition) is 2. The van der Waals surface area contributed by atoms with Crippen molar-refractivity contribution in [3.63, 3.8) is 0 Å². The second-order valence-electron chi connectivity index (χ2n) is 6.05. The summed E-state index contributed by atoms with van der Waals surface area (Å²) in [4.78, 5) is 12.3. The van der Waals surface area contributed by atoms with Gasteiger partial charge in [-0.05, 0) is 50.5 Å². The Labute approximate surface area is 125 Å². The summed E-state index contributed by atoms with van der Waals surface area (Å²) in [5.74, 6) is 0.109. The molecule has 0 fully saturated rings. The van der Waals surface area contributed by atoms with Crippen LogP contribution >= 0.6 is 0 Å². The summed E-state index contributed by atoms with van der Waals surface area (Å²) < 4.78 is 18.5. The number of amides is 1. The minimum Gasteiger partial charge on any atom is -0.478 e. The Hall–Kier alpha value is -1.62. The van der Waals surface area contributed by atoms with Gasteiger partial charge in [-0.1, -0.05) is 13.8 Å². The van der Waals surface area contributed by atoms with Crippen molar-refractivity contribution in [2.24, 2.45) is 5.92 Å². The lowest BCUT2D eigenvalue weighted by atomic mass is 10.0. The van der Waals surface area contributed by atoms with Gasteiger partial charge in [0.1, 0.15) is 11.6 Å². The Morgan fingerprint density at radius 2 is 1.90 bits per heavy atom. The van der Waals surface area contributed by atoms with Gasteiger partial charge in [-0.3, -0.25) is 4.79 Å². The van der Waals surface area contributed by atoms with Crippen molar-refractivity contribution in [3.05, 3.63) is 30.1 Å². The zero-order valence-corrected chi connectivity index (χ0v) is 13.0. The molecule has 0 radical (unpaired) electrons. The molecule has 5 heteroatoms. The molecule has 0 spiro atoms. The van der Waals surface area contributed by atoms with Crippen LogP contribution in [-0.4, -0.2) is 29.3 Å². The van der Waals surface area contributed by atoms with Gasteiger partial charge < -0.3 is 15.2 Å². The van der Waals surface area contributed by atoms with Gasteiger partial charge in [0.25, 0.3) is 5.91 Å². The Morgan fingerprint density at radius 1 is 1.33 bits per heavy atom. The zero-order valence-electron chi connectivity index (χ0n) is 13.0. The van der Waals surface area contributed by atoms with Crippen molar-refractivity contribution >= 4 is 5.91 Å². The van der Waals surface area contributed by atoms with E-state index in [-0.39, 0.29) is 24.4 Å². The number of aliphatic hydroxyl groups is 1. The van der Waals surface area contributed by atoms with Crippen LogP contribution in [0.15, 0.2) is 24.3 Å². The van der Waals surface area contributed by atoms with Crippen LogP contribution in [0.2, 0.25) is 0 Å². The number of halogens is 1. The average Bonchev–Trinajstić information content (AvgIpc) is 2.39. The van der Waals surface area contributed by atoms with E-state index < -0.39 is 5.60 Å². The van der Waals surface area contributed by atoms with E-state index in [2.05, 4.69) is 5.32 Å². The number of benzene rings is 1. The highest BCUT2D eigenvalue weighted by Gasteiger charge is 2.31. The first kappa shape index (κ1) is 17.4. The molecule has 1 aromatic carbocycles. The highest BCUT2D eigenvalue weighted by Crippen LogP contribution is 2.19. The Bertz CT molecular complexity index is 457. The molecular weight excluding hydrogens is 273 g/mol. The van der Waals surface area contributed by atoms with Gasteiger partial charge in [-0.15, -0.1) is 0 Å². The number of carbonyl (C=O) groups is 1. The van der Waals surface area contributed by atoms with Gasteiger partial charge >= 0.3 is 0 Å². The molecule has 0 saturated heterocycles. The summed E-state index contributed by atoms with van der Waals surface area (Å²) in [6.45, 7) is 7.20. The molecule has 4 nitrogen and oxygen atoms in total. The van der Waals surface area contributed by atoms with Crippen LogP contribution in [0, 0.1) is 11.7 Å². The third kappa shape index (κ3) is 5.71. The molecule has 1 unspecified atom stereocenters. The monoisotopic (exact) mass is 297 g/mol. The number of ether oxygens (including phenoxy) is 1. The number of rotatable bonds is 7. The fourth-order valence-corrected chi connectivity index (χ4v) is 1.95. The van der Waals surface area contributed by atoms with Crippen LogP contribution in [0.4, 0.5) is 4.39 Å². The standard InChI is InChI=1S/C16H24FNO3/c1-11(2)9-13(10-19)18-15(20)16(3,4)21-14-7-5-12(17)6-8-14/h5-8,11,13,19H,9-10H2,1-4H3,(H,18,20). The maximum Gasteiger partial charge on any atom is 0.263 e. The molecule has 1 aromatic rings. The highest BCUT2D eigenvalue weighted by atomic mass is 19.1. The number of nitrogens with one attached hydrogen (secondary N) is 1. The van der Waals surface area contributed by atoms with Crippen LogP contribution in [0.5, 0.6) is 5.75 Å². The van der Waals surface area contributed by atoms with Gasteiger partial charge in [0.05, 0.1) is 12.6 Å². The summed E-state index contributed by atoms with van der Waals surface area (Å²) in [7, 11) is 0. The predicted octanol–water partition coefficient (Wildman–Crippen LogP) is 2.51. The summed E-state index contributed by atoms with van der Waals surface area (Å²) >= 11 is 0. The van der Waals surface area contributed by atoms with Gasteiger partial charge in [0.15, 0.2) is 5.60 Å². The molecular formula is C16H24FNO3. The zero-order chi connectivity index (χ0) is 16.0. The van der Waals surface area contributed by atoms with Gasteiger partial charge in [0, 0.05) is 0 Å². The third-order valence-corrected chi connectivity index (χ3v) is 3.04. The predicted molar refractivity (Wildman–Crippen MR) is 79.6 cm³/mol. The van der Waals surface area contributed by atoms with Gasteiger partial charge in [-0.2, -0.15) is 0 Å². The lowest BCUT2D eigenvalue weighted by Crippen LogP contribution is -2.51. The Balaban J connectivity index is 2.67. The van der Waals surface area contributed by atoms with E-state index in [1.807, 2.05) is 13.8 Å². The van der Waals surface area contributed by atoms with E-state index in [0.29, 0.717) is 18.1 Å². The largest absolute Gasteiger partial charge is 0.478 e. The number of carbonyl (C=O) groups excluding carboxylic acids is 1. The van der Waals surface area contributed by atoms with E-state index in [1.165, 1.54) is 24.3 Å². The van der Waals surface area contributed by atoms with Crippen molar-refractivity contribution in [2.75, 3.05) is 6.61 Å². The van der Waals surface area contributed by atoms with E-state index in [9.17, 15) is 14.3 Å². The quantitative estimate of drug-likeness (QED) is 0.813. The molecule has 118 valence electrons. The highest BCUT2D eigenvalue weighted by molar-refractivity contribution is 5.85. The van der Waals surface area contributed by atoms with Crippen molar-refractivity contribution < 1.29 is 19.0 Å². The summed E-state index contributed by atoms with van der Waals surface area (Å²) in [6.07, 6.45) is 0.689. The molecule has 1 atom stereocenters. The summed E-state index contributed by atoms with van der Waals surface area (Å²) in [5.41, 5.74) is -1.11. The minimum absolute atomic E-state index is 0.115. The molecule has 0 aromatic heterocycles. The molecule has 0 heterocycles. The summed E-state index contributed by atoms with van der Waals surface area (Å²) in [5, 5.41) is 12.1. The van der Waals surface area contributed by atoms with Crippen LogP contribution in [0.25, 0.3) is 0 Å². The lowest BCUT2D eigenvalue weighted by molar-refractivity contribution is -0.135. The molecule has 0 aliphatic heterocycles. The molecule has 0 aliphatic rings. The van der Waals surface area contributed by atoms with E-state index in [0.717, 1.165) is 0 Å². The normalized spacial score (nSPS) is 13.1. The molecule has 0 bridgehead atoms. The average molecular weight is 297 g/mol. The van der Waals surface area contributed by atoms with Crippen LogP contribution in [-0.2, 0) is 4.79 Å². The molecule has 0 aliphatic carbocycles. The van der Waals surface area contributed by atoms with Crippen LogP contribution in [0.1, 0.15) is 34.1 Å². The fraction of sp³-hybridized carbons (Fsp3) is 0.562. The molecule has 0 saturated carbocycles. The van der Waals surface area contributed by atoms with Crippen molar-refractivity contribution in [1.29, 1.82) is 0 Å². The van der Waals surface area contributed by atoms with Crippen molar-refractivity contribution in [3.8, 4) is 5.75 Å². The topological polar surface area (TPSA) is 58.6 Å². The van der Waals surface area contributed by atoms with Crippen molar-refractivity contribution in [1.82, 2.24) is 5.32 Å². The second kappa shape index (κ2) is 7.41. The SMILES string of the molecule is CC(C)CC(CO)NC(=O)C(C)(C)Oc1ccc(F)cc1. The molecule has 2 N–H and O–H groups in total. The number of hydrogen-bond acceptors (Lipinski definition) is 3. The van der Waals surface area contributed by atoms with Crippen LogP contribution < -0.4 is 10.1 Å². The summed E-state index contributed by atoms with van der Waals surface area (Å²) in [6, 6.07) is 5.20. The first-order valence-electron chi connectivity index (χ1n) is 7.11. The Morgan fingerprint density at radius 3 is 2.38 bits per heavy atom. The molecule has 1 amide bonds. The Kier molecular flexibility index (Phi) is 6.15.